The summed E-state index contributed by atoms with van der Waals surface area (Å²) < 4.78 is 1.69. The molecule has 1 aromatic heterocycles. The Bertz CT molecular complexity index is 918. The maximum absolute atomic E-state index is 12.4. The van der Waals surface area contributed by atoms with Gasteiger partial charge in [0.2, 0.25) is 5.91 Å². The van der Waals surface area contributed by atoms with Gasteiger partial charge < -0.3 is 0 Å². The molecule has 2 aromatic rings. The van der Waals surface area contributed by atoms with Crippen molar-refractivity contribution in [1.29, 1.82) is 0 Å². The van der Waals surface area contributed by atoms with Crippen molar-refractivity contribution in [3.63, 3.8) is 0 Å². The number of hydrogen-bond acceptors (Lipinski definition) is 4. The molecule has 0 saturated heterocycles. The Morgan fingerprint density at radius 3 is 2.83 bits per heavy atom. The number of nitrogens with one attached hydrogen (secondary N) is 2. The third-order valence-electron chi connectivity index (χ3n) is 4.82. The van der Waals surface area contributed by atoms with E-state index in [1.807, 2.05) is 6.92 Å². The number of hydrogen-bond donors (Lipinski definition) is 2. The van der Waals surface area contributed by atoms with E-state index < -0.39 is 5.91 Å². The molecule has 0 bridgehead atoms. The van der Waals surface area contributed by atoms with Crippen LogP contribution >= 0.6 is 0 Å². The van der Waals surface area contributed by atoms with Gasteiger partial charge in [0.05, 0.1) is 10.9 Å². The average molecular weight is 326 g/mol. The van der Waals surface area contributed by atoms with E-state index in [0.717, 1.165) is 25.1 Å². The molecular weight excluding hydrogens is 308 g/mol. The Morgan fingerprint density at radius 2 is 2.08 bits per heavy atom. The first-order valence-corrected chi connectivity index (χ1v) is 8.18. The predicted octanol–water partition coefficient (Wildman–Crippen LogP) is 0.760. The van der Waals surface area contributed by atoms with Gasteiger partial charge in [-0.1, -0.05) is 6.92 Å². The summed E-state index contributed by atoms with van der Waals surface area (Å²) in [7, 11) is 0. The van der Waals surface area contributed by atoms with E-state index in [4.69, 9.17) is 0 Å². The molecule has 7 heteroatoms. The minimum atomic E-state index is -0.416. The normalized spacial score (nSPS) is 21.4. The zero-order valence-corrected chi connectivity index (χ0v) is 13.3. The number of carbonyl (C=O) groups is 2. The Labute approximate surface area is 138 Å². The summed E-state index contributed by atoms with van der Waals surface area (Å²) in [5.74, 6) is 0.556. The minimum Gasteiger partial charge on any atom is -0.296 e. The monoisotopic (exact) mass is 326 g/mol. The van der Waals surface area contributed by atoms with E-state index in [1.165, 1.54) is 0 Å². The highest BCUT2D eigenvalue weighted by molar-refractivity contribution is 5.98. The number of fused-ring (bicyclic) bond motifs is 2. The Morgan fingerprint density at radius 1 is 1.29 bits per heavy atom. The van der Waals surface area contributed by atoms with Crippen molar-refractivity contribution >= 4 is 22.7 Å². The van der Waals surface area contributed by atoms with Crippen molar-refractivity contribution in [2.75, 3.05) is 0 Å². The summed E-state index contributed by atoms with van der Waals surface area (Å²) in [6.45, 7) is 2.70. The first kappa shape index (κ1) is 14.9. The molecule has 2 aliphatic rings. The van der Waals surface area contributed by atoms with Crippen LogP contribution in [0.25, 0.3) is 10.9 Å². The van der Waals surface area contributed by atoms with E-state index in [-0.39, 0.29) is 17.4 Å². The van der Waals surface area contributed by atoms with Gasteiger partial charge in [0, 0.05) is 24.4 Å². The highest BCUT2D eigenvalue weighted by atomic mass is 16.2. The van der Waals surface area contributed by atoms with Crippen LogP contribution in [0, 0.1) is 11.8 Å². The second-order valence-electron chi connectivity index (χ2n) is 6.58. The Balaban J connectivity index is 1.56. The Hall–Kier alpha value is -2.70. The van der Waals surface area contributed by atoms with Crippen LogP contribution in [0.4, 0.5) is 0 Å². The van der Waals surface area contributed by atoms with Gasteiger partial charge in [-0.2, -0.15) is 0 Å². The van der Waals surface area contributed by atoms with Gasteiger partial charge in [0.15, 0.2) is 0 Å². The molecule has 2 heterocycles. The summed E-state index contributed by atoms with van der Waals surface area (Å²) in [5, 5.41) is 0.507. The quantitative estimate of drug-likeness (QED) is 0.797. The lowest BCUT2D eigenvalue weighted by Gasteiger charge is -2.09. The van der Waals surface area contributed by atoms with Crippen molar-refractivity contribution in [3.8, 4) is 0 Å². The lowest BCUT2D eigenvalue weighted by Crippen LogP contribution is -2.42. The molecule has 124 valence electrons. The zero-order chi connectivity index (χ0) is 16.8. The number of aryl methyl sites for hydroxylation is 1. The van der Waals surface area contributed by atoms with Crippen molar-refractivity contribution < 1.29 is 9.59 Å². The molecular formula is C17H18N4O3. The van der Waals surface area contributed by atoms with Gasteiger partial charge in [-0.15, -0.1) is 0 Å². The van der Waals surface area contributed by atoms with Gasteiger partial charge in [0.25, 0.3) is 11.5 Å². The van der Waals surface area contributed by atoms with E-state index in [0.29, 0.717) is 28.9 Å². The molecule has 0 unspecified atom stereocenters. The topological polar surface area (TPSA) is 93.1 Å². The summed E-state index contributed by atoms with van der Waals surface area (Å²) >= 11 is 0. The van der Waals surface area contributed by atoms with Crippen LogP contribution in [-0.4, -0.2) is 21.4 Å². The van der Waals surface area contributed by atoms with Crippen LogP contribution in [0.3, 0.4) is 0 Å². The van der Waals surface area contributed by atoms with Crippen molar-refractivity contribution in [1.82, 2.24) is 20.4 Å². The van der Waals surface area contributed by atoms with Gasteiger partial charge in [-0.05, 0) is 37.0 Å². The summed E-state index contributed by atoms with van der Waals surface area (Å²) in [5.41, 5.74) is 5.69. The van der Waals surface area contributed by atoms with E-state index in [2.05, 4.69) is 15.8 Å². The van der Waals surface area contributed by atoms with E-state index in [1.54, 1.807) is 22.8 Å². The smallest absolute Gasteiger partial charge is 0.269 e. The van der Waals surface area contributed by atoms with Crippen molar-refractivity contribution in [2.24, 2.45) is 11.8 Å². The first-order valence-electron chi connectivity index (χ1n) is 8.18. The standard InChI is InChI=1S/C17H18N4O3/c1-9-7-12(9)16(23)20-19-15(22)10-4-5-11-13(8-10)18-14-3-2-6-21(14)17(11)24/h4-5,8-9,12H,2-3,6-7H2,1H3,(H,19,22)(H,20,23)/t9-,12+/m1/s1. The number of amides is 2. The lowest BCUT2D eigenvalue weighted by atomic mass is 10.1. The minimum absolute atomic E-state index is 0.00814. The van der Waals surface area contributed by atoms with E-state index in [9.17, 15) is 14.4 Å². The second kappa shape index (κ2) is 5.43. The molecule has 24 heavy (non-hydrogen) atoms. The lowest BCUT2D eigenvalue weighted by molar-refractivity contribution is -0.123. The number of nitrogens with zero attached hydrogens (tertiary/aromatic N) is 2. The third-order valence-corrected chi connectivity index (χ3v) is 4.82. The van der Waals surface area contributed by atoms with E-state index >= 15 is 0 Å². The van der Waals surface area contributed by atoms with Gasteiger partial charge in [-0.25, -0.2) is 4.98 Å². The fourth-order valence-corrected chi connectivity index (χ4v) is 3.20. The fraction of sp³-hybridized carbons (Fsp3) is 0.412. The molecule has 1 fully saturated rings. The van der Waals surface area contributed by atoms with Crippen molar-refractivity contribution in [3.05, 3.63) is 39.9 Å². The molecule has 1 aromatic carbocycles. The summed E-state index contributed by atoms with van der Waals surface area (Å²) in [6.07, 6.45) is 2.55. The van der Waals surface area contributed by atoms with Crippen LogP contribution in [0.15, 0.2) is 23.0 Å². The van der Waals surface area contributed by atoms with Gasteiger partial charge >= 0.3 is 0 Å². The fourth-order valence-electron chi connectivity index (χ4n) is 3.20. The third kappa shape index (κ3) is 2.46. The average Bonchev–Trinajstić information content (AvgIpc) is 3.12. The molecule has 4 rings (SSSR count). The molecule has 7 nitrogen and oxygen atoms in total. The Kier molecular flexibility index (Phi) is 3.37. The summed E-state index contributed by atoms with van der Waals surface area (Å²) in [6, 6.07) is 4.79. The molecule has 0 radical (unpaired) electrons. The molecule has 1 saturated carbocycles. The number of carbonyl (C=O) groups excluding carboxylic acids is 2. The molecule has 2 N–H and O–H groups in total. The van der Waals surface area contributed by atoms with Crippen LogP contribution in [-0.2, 0) is 17.8 Å². The van der Waals surface area contributed by atoms with Crippen molar-refractivity contribution in [2.45, 2.75) is 32.7 Å². The summed E-state index contributed by atoms with van der Waals surface area (Å²) in [4.78, 5) is 40.8. The highest BCUT2D eigenvalue weighted by Gasteiger charge is 2.39. The first-order chi connectivity index (χ1) is 11.5. The van der Waals surface area contributed by atoms with Gasteiger partial charge in [-0.3, -0.25) is 29.8 Å². The van der Waals surface area contributed by atoms with Crippen LogP contribution in [0.1, 0.15) is 35.9 Å². The number of hydrazine groups is 1. The number of aromatic nitrogens is 2. The molecule has 2 amide bonds. The number of benzene rings is 1. The molecule has 2 atom stereocenters. The zero-order valence-electron chi connectivity index (χ0n) is 13.3. The predicted molar refractivity (Wildman–Crippen MR) is 87.2 cm³/mol. The molecule has 1 aliphatic heterocycles. The van der Waals surface area contributed by atoms with Crippen LogP contribution in [0.2, 0.25) is 0 Å². The maximum atomic E-state index is 12.4. The largest absolute Gasteiger partial charge is 0.296 e. The molecule has 1 aliphatic carbocycles. The van der Waals surface area contributed by atoms with Gasteiger partial charge in [0.1, 0.15) is 5.82 Å². The molecule has 0 spiro atoms. The highest BCUT2D eigenvalue weighted by Crippen LogP contribution is 2.37. The SMILES string of the molecule is C[C@@H]1C[C@@H]1C(=O)NNC(=O)c1ccc2c(=O)n3c(nc2c1)CCC3. The van der Waals surface area contributed by atoms with Crippen LogP contribution in [0.5, 0.6) is 0 Å². The number of rotatable bonds is 2. The second-order valence-corrected chi connectivity index (χ2v) is 6.58. The van der Waals surface area contributed by atoms with Crippen LogP contribution < -0.4 is 16.4 Å². The maximum Gasteiger partial charge on any atom is 0.269 e.